The molecule has 6 rings (SSSR count). The van der Waals surface area contributed by atoms with Crippen molar-refractivity contribution in [2.75, 3.05) is 23.0 Å². The highest BCUT2D eigenvalue weighted by molar-refractivity contribution is 7.48. The van der Waals surface area contributed by atoms with Crippen LogP contribution in [-0.2, 0) is 45.7 Å². The number of aromatic nitrogens is 10. The van der Waals surface area contributed by atoms with Crippen LogP contribution in [0.3, 0.4) is 0 Å². The zero-order valence-electron chi connectivity index (χ0n) is 47.9. The number of halogens is 1. The number of thiazole rings is 2. The number of carbonyl (C=O) groups excluding carboxylic acids is 2. The lowest BCUT2D eigenvalue weighted by atomic mass is 10.2. The maximum Gasteiger partial charge on any atom is 0.477 e. The first-order valence-electron chi connectivity index (χ1n) is 24.4. The fourth-order valence-corrected chi connectivity index (χ4v) is 11.1. The molecule has 6 aromatic heterocycles. The SMILES string of the molecule is CC#N.CC(C)(C)OP(=O)(OCCl)OC(C)(C)C.CC(C)OC(=O)c1sc(N(COP(=O)(OC(C)(C)C)OC(C)(C)C)c2ncccn2)nc1-c1cnccn1.CC(C)OC(=O)c1sc(Nc2ncccn2)nc1-c1cnccn1. The number of hydrogen-bond donors (Lipinski definition) is 1. The van der Waals surface area contributed by atoms with Gasteiger partial charge in [0.05, 0.1) is 53.1 Å². The smallest absolute Gasteiger partial charge is 0.459 e. The van der Waals surface area contributed by atoms with E-state index in [2.05, 4.69) is 55.2 Å². The molecule has 0 unspecified atom stereocenters. The largest absolute Gasteiger partial charge is 0.477 e. The second-order valence-corrected chi connectivity index (χ2v) is 25.8. The van der Waals surface area contributed by atoms with E-state index in [4.69, 9.17) is 53.5 Å². The summed E-state index contributed by atoms with van der Waals surface area (Å²) in [6.07, 6.45) is 14.9. The Morgan fingerprint density at radius 2 is 1.02 bits per heavy atom. The van der Waals surface area contributed by atoms with Crippen LogP contribution in [0.5, 0.6) is 0 Å². The van der Waals surface area contributed by atoms with Gasteiger partial charge in [-0.25, -0.2) is 48.6 Å². The minimum atomic E-state index is -4.09. The van der Waals surface area contributed by atoms with Crippen LogP contribution in [-0.4, -0.2) is 109 Å². The van der Waals surface area contributed by atoms with Crippen molar-refractivity contribution in [3.05, 3.63) is 83.9 Å². The minimum absolute atomic E-state index is 0.189. The van der Waals surface area contributed by atoms with Gasteiger partial charge in [-0.1, -0.05) is 34.3 Å². The van der Waals surface area contributed by atoms with Crippen molar-refractivity contribution in [1.29, 1.82) is 5.26 Å². The summed E-state index contributed by atoms with van der Waals surface area (Å²) in [7, 11) is -7.69. The van der Waals surface area contributed by atoms with Gasteiger partial charge in [-0.15, -0.1) is 0 Å². The highest BCUT2D eigenvalue weighted by atomic mass is 35.5. The van der Waals surface area contributed by atoms with Crippen LogP contribution in [0.1, 0.15) is 137 Å². The maximum atomic E-state index is 13.7. The van der Waals surface area contributed by atoms with Gasteiger partial charge in [0.15, 0.2) is 10.3 Å². The number of hydrogen-bond acceptors (Lipinski definition) is 27. The Bertz CT molecular complexity index is 2950. The summed E-state index contributed by atoms with van der Waals surface area (Å²) in [6, 6.07) is 4.88. The number of alkyl halides is 1. The average Bonchev–Trinajstić information content (AvgIpc) is 3.97. The first-order valence-corrected chi connectivity index (χ1v) is 29.5. The summed E-state index contributed by atoms with van der Waals surface area (Å²) in [5, 5.41) is 11.0. The van der Waals surface area contributed by atoms with Crippen LogP contribution < -0.4 is 10.2 Å². The third-order valence-electron chi connectivity index (χ3n) is 7.81. The van der Waals surface area contributed by atoms with Crippen LogP contribution >= 0.6 is 49.9 Å². The number of phosphoric ester groups is 2. The molecule has 1 N–H and O–H groups in total. The molecule has 0 aliphatic carbocycles. The molecule has 0 saturated carbocycles. The molecule has 25 nitrogen and oxygen atoms in total. The van der Waals surface area contributed by atoms with Gasteiger partial charge in [0.2, 0.25) is 11.9 Å². The summed E-state index contributed by atoms with van der Waals surface area (Å²) >= 11 is 7.57. The Morgan fingerprint density at radius 3 is 1.41 bits per heavy atom. The number of ether oxygens (including phenoxy) is 2. The van der Waals surface area contributed by atoms with Crippen molar-refractivity contribution < 1.29 is 55.3 Å². The van der Waals surface area contributed by atoms with Gasteiger partial charge in [-0.3, -0.25) is 52.0 Å². The summed E-state index contributed by atoms with van der Waals surface area (Å²) in [5.74, 6) is -0.447. The highest BCUT2D eigenvalue weighted by Gasteiger charge is 2.39. The zero-order chi connectivity index (χ0) is 60.1. The van der Waals surface area contributed by atoms with Gasteiger partial charge in [-0.2, -0.15) is 5.26 Å². The van der Waals surface area contributed by atoms with Crippen LogP contribution in [0.25, 0.3) is 22.8 Å². The van der Waals surface area contributed by atoms with E-state index in [1.165, 1.54) is 42.8 Å². The van der Waals surface area contributed by atoms with Crippen molar-refractivity contribution in [1.82, 2.24) is 49.8 Å². The first-order chi connectivity index (χ1) is 37.2. The molecule has 0 atom stereocenters. The molecular weight excluding hydrogens is 1140 g/mol. The van der Waals surface area contributed by atoms with Crippen molar-refractivity contribution in [2.24, 2.45) is 0 Å². The van der Waals surface area contributed by atoms with Gasteiger partial charge in [0.25, 0.3) is 0 Å². The molecule has 0 saturated heterocycles. The summed E-state index contributed by atoms with van der Waals surface area (Å²) < 4.78 is 69.2. The minimum Gasteiger partial charge on any atom is -0.459 e. The average molecular weight is 1210 g/mol. The Hall–Kier alpha value is -5.88. The molecule has 0 aromatic carbocycles. The number of carbonyl (C=O) groups is 2. The summed E-state index contributed by atoms with van der Waals surface area (Å²) in [6.45, 7) is 29.2. The number of anilines is 4. The van der Waals surface area contributed by atoms with E-state index >= 15 is 0 Å². The third kappa shape index (κ3) is 25.3. The number of rotatable bonds is 19. The number of nitriles is 1. The Kier molecular flexibility index (Phi) is 26.3. The van der Waals surface area contributed by atoms with Crippen LogP contribution in [0, 0.1) is 11.3 Å². The van der Waals surface area contributed by atoms with E-state index in [0.717, 1.165) is 22.7 Å². The zero-order valence-corrected chi connectivity index (χ0v) is 52.0. The predicted octanol–water partition coefficient (Wildman–Crippen LogP) is 13.0. The molecule has 0 bridgehead atoms. The van der Waals surface area contributed by atoms with E-state index in [-0.39, 0.29) is 46.7 Å². The Morgan fingerprint density at radius 1 is 0.625 bits per heavy atom. The summed E-state index contributed by atoms with van der Waals surface area (Å²) in [5.41, 5.74) is -1.35. The number of nitrogens with one attached hydrogen (secondary N) is 1. The van der Waals surface area contributed by atoms with Gasteiger partial charge in [0.1, 0.15) is 45.3 Å². The molecule has 436 valence electrons. The Labute approximate surface area is 480 Å². The van der Waals surface area contributed by atoms with Gasteiger partial charge >= 0.3 is 27.6 Å². The number of nitrogens with zero attached hydrogens (tertiary/aromatic N) is 12. The van der Waals surface area contributed by atoms with E-state index in [9.17, 15) is 18.7 Å². The molecule has 0 aliphatic heterocycles. The van der Waals surface area contributed by atoms with Gasteiger partial charge in [-0.05, 0) is 123 Å². The molecule has 0 fully saturated rings. The van der Waals surface area contributed by atoms with Crippen molar-refractivity contribution in [3.8, 4) is 28.8 Å². The van der Waals surface area contributed by atoms with Gasteiger partial charge in [0, 0.05) is 56.5 Å². The molecule has 6 aromatic rings. The molecule has 0 amide bonds. The molecule has 0 spiro atoms. The molecule has 80 heavy (non-hydrogen) atoms. The van der Waals surface area contributed by atoms with E-state index in [1.807, 2.05) is 0 Å². The fraction of sp³-hybridized carbons (Fsp3) is 0.500. The van der Waals surface area contributed by atoms with Crippen molar-refractivity contribution in [3.63, 3.8) is 0 Å². The second-order valence-electron chi connectivity index (χ2n) is 20.6. The maximum absolute atomic E-state index is 13.7. The molecule has 0 aliphatic rings. The molecule has 6 heterocycles. The molecule has 30 heteroatoms. The quantitative estimate of drug-likeness (QED) is 0.0341. The lowest BCUT2D eigenvalue weighted by molar-refractivity contribution is 0.00343. The molecule has 0 radical (unpaired) electrons. The van der Waals surface area contributed by atoms with Crippen molar-refractivity contribution >= 4 is 84.0 Å². The topological polar surface area (TPSA) is 310 Å². The molecular formula is C50H70ClN13O12P2S2. The fourth-order valence-electron chi connectivity index (χ4n) is 5.56. The van der Waals surface area contributed by atoms with Crippen LogP contribution in [0.2, 0.25) is 0 Å². The number of phosphoric acid groups is 2. The van der Waals surface area contributed by atoms with E-state index < -0.39 is 50.0 Å². The lowest BCUT2D eigenvalue weighted by Gasteiger charge is -2.32. The summed E-state index contributed by atoms with van der Waals surface area (Å²) in [4.78, 5) is 69.8. The van der Waals surface area contributed by atoms with Crippen LogP contribution in [0.4, 0.5) is 22.2 Å². The standard InChI is InChI=1S/C24H33N6O6PS.C15H14N6O2S.C9H20ClO4P.C2H3N/c1-16(2)34-20(31)19-18(17-14-25-12-13-26-17)29-22(38-19)30(21-27-10-9-11-28-21)15-33-37(32,35-23(3,4)5)36-24(6,7)8;1-9(2)23-13(22)12-11(10-8-16-6-7-17-10)20-15(24-12)21-14-18-4-3-5-19-14;1-8(2,3)13-15(11,12-7-10)14-9(4,5)6;1-2-3/h9-14,16H,15H2,1-8H3;3-9H,1-2H3,(H,18,19,20,21);7H2,1-6H3;1H3. The Balaban J connectivity index is 0.000000340. The normalized spacial score (nSPS) is 11.9. The predicted molar refractivity (Wildman–Crippen MR) is 304 cm³/mol. The monoisotopic (exact) mass is 1210 g/mol. The van der Waals surface area contributed by atoms with E-state index in [1.54, 1.807) is 160 Å². The van der Waals surface area contributed by atoms with E-state index in [0.29, 0.717) is 33.0 Å². The third-order valence-corrected chi connectivity index (χ3v) is 14.0. The lowest BCUT2D eigenvalue weighted by Crippen LogP contribution is -2.28. The second kappa shape index (κ2) is 30.8. The van der Waals surface area contributed by atoms with Gasteiger partial charge < -0.3 is 14.8 Å². The van der Waals surface area contributed by atoms with Crippen LogP contribution in [0.15, 0.2) is 74.1 Å². The highest BCUT2D eigenvalue weighted by Crippen LogP contribution is 2.57. The van der Waals surface area contributed by atoms with Crippen molar-refractivity contribution in [2.45, 2.75) is 152 Å². The number of esters is 2. The first kappa shape index (κ1) is 68.4.